The number of hydrogen-bond acceptors (Lipinski definition) is 4. The predicted molar refractivity (Wildman–Crippen MR) is 59.8 cm³/mol. The van der Waals surface area contributed by atoms with Crippen LogP contribution in [0.15, 0.2) is 12.3 Å². The van der Waals surface area contributed by atoms with E-state index in [1.807, 2.05) is 0 Å². The summed E-state index contributed by atoms with van der Waals surface area (Å²) in [5.41, 5.74) is 10.6. The number of primary amides is 1. The number of anilines is 1. The molecule has 0 aromatic carbocycles. The standard InChI is InChI=1S/C9H11ClN4O2/c10-6-3-5(4-14-8(6)12)9(16)13-2-1-7(11)15/h3-4H,1-2H2,(H2,11,15)(H2,12,14)(H,13,16). The molecule has 6 nitrogen and oxygen atoms in total. The van der Waals surface area contributed by atoms with Crippen LogP contribution in [0.5, 0.6) is 0 Å². The first kappa shape index (κ1) is 12.3. The van der Waals surface area contributed by atoms with Crippen molar-refractivity contribution >= 4 is 29.2 Å². The third-order valence-corrected chi connectivity index (χ3v) is 2.09. The second kappa shape index (κ2) is 5.32. The largest absolute Gasteiger partial charge is 0.382 e. The van der Waals surface area contributed by atoms with Crippen molar-refractivity contribution in [2.75, 3.05) is 12.3 Å². The van der Waals surface area contributed by atoms with Gasteiger partial charge in [0.15, 0.2) is 0 Å². The van der Waals surface area contributed by atoms with E-state index in [2.05, 4.69) is 10.3 Å². The molecule has 0 aliphatic rings. The van der Waals surface area contributed by atoms with Crippen LogP contribution in [0.25, 0.3) is 0 Å². The number of nitrogen functional groups attached to an aromatic ring is 1. The summed E-state index contributed by atoms with van der Waals surface area (Å²) in [6.07, 6.45) is 1.39. The van der Waals surface area contributed by atoms with Crippen LogP contribution in [-0.2, 0) is 4.79 Å². The maximum absolute atomic E-state index is 11.5. The van der Waals surface area contributed by atoms with E-state index in [-0.39, 0.29) is 35.3 Å². The Morgan fingerprint density at radius 3 is 2.75 bits per heavy atom. The number of pyridine rings is 1. The van der Waals surface area contributed by atoms with Crippen molar-refractivity contribution in [2.45, 2.75) is 6.42 Å². The van der Waals surface area contributed by atoms with Gasteiger partial charge in [0.05, 0.1) is 10.6 Å². The average Bonchev–Trinajstić information content (AvgIpc) is 2.21. The molecule has 0 radical (unpaired) electrons. The van der Waals surface area contributed by atoms with Gasteiger partial charge in [-0.3, -0.25) is 9.59 Å². The Hall–Kier alpha value is -1.82. The van der Waals surface area contributed by atoms with Gasteiger partial charge in [-0.05, 0) is 6.07 Å². The van der Waals surface area contributed by atoms with Crippen molar-refractivity contribution in [3.8, 4) is 0 Å². The van der Waals surface area contributed by atoms with E-state index in [1.54, 1.807) is 0 Å². The Morgan fingerprint density at radius 1 is 1.50 bits per heavy atom. The maximum Gasteiger partial charge on any atom is 0.252 e. The number of nitrogens with zero attached hydrogens (tertiary/aromatic N) is 1. The molecule has 0 unspecified atom stereocenters. The van der Waals surface area contributed by atoms with Gasteiger partial charge in [-0.15, -0.1) is 0 Å². The van der Waals surface area contributed by atoms with Crippen molar-refractivity contribution in [3.63, 3.8) is 0 Å². The van der Waals surface area contributed by atoms with Gasteiger partial charge in [-0.1, -0.05) is 11.6 Å². The number of carbonyl (C=O) groups excluding carboxylic acids is 2. The molecule has 1 rings (SSSR count). The summed E-state index contributed by atoms with van der Waals surface area (Å²) in [6.45, 7) is 0.177. The zero-order valence-electron chi connectivity index (χ0n) is 8.37. The summed E-state index contributed by atoms with van der Waals surface area (Å²) in [7, 11) is 0. The fourth-order valence-corrected chi connectivity index (χ4v) is 1.14. The highest BCUT2D eigenvalue weighted by atomic mass is 35.5. The molecule has 0 saturated carbocycles. The third kappa shape index (κ3) is 3.39. The molecule has 7 heteroatoms. The Kier molecular flexibility index (Phi) is 4.07. The molecule has 1 heterocycles. The molecule has 0 saturated heterocycles. The smallest absolute Gasteiger partial charge is 0.252 e. The Bertz CT molecular complexity index is 422. The van der Waals surface area contributed by atoms with Crippen LogP contribution < -0.4 is 16.8 Å². The summed E-state index contributed by atoms with van der Waals surface area (Å²) in [4.78, 5) is 25.7. The predicted octanol–water partition coefficient (Wildman–Crippen LogP) is -0.0776. The second-order valence-corrected chi connectivity index (χ2v) is 3.47. The number of aromatic nitrogens is 1. The number of nitrogens with two attached hydrogens (primary N) is 2. The maximum atomic E-state index is 11.5. The van der Waals surface area contributed by atoms with Crippen molar-refractivity contribution in [3.05, 3.63) is 22.8 Å². The summed E-state index contributed by atoms with van der Waals surface area (Å²) in [6, 6.07) is 1.41. The minimum atomic E-state index is -0.478. The summed E-state index contributed by atoms with van der Waals surface area (Å²) in [5.74, 6) is -0.695. The number of hydrogen-bond donors (Lipinski definition) is 3. The minimum Gasteiger partial charge on any atom is -0.382 e. The lowest BCUT2D eigenvalue weighted by molar-refractivity contribution is -0.117. The number of rotatable bonds is 4. The van der Waals surface area contributed by atoms with Crippen molar-refractivity contribution in [1.29, 1.82) is 0 Å². The Morgan fingerprint density at radius 2 is 2.19 bits per heavy atom. The summed E-state index contributed by atoms with van der Waals surface area (Å²) in [5, 5.41) is 2.71. The number of halogens is 1. The molecule has 0 bridgehead atoms. The van der Waals surface area contributed by atoms with Gasteiger partial charge in [0, 0.05) is 19.2 Å². The number of carbonyl (C=O) groups is 2. The van der Waals surface area contributed by atoms with E-state index in [0.29, 0.717) is 0 Å². The van der Waals surface area contributed by atoms with Gasteiger partial charge >= 0.3 is 0 Å². The van der Waals surface area contributed by atoms with Crippen LogP contribution in [0.1, 0.15) is 16.8 Å². The first-order valence-electron chi connectivity index (χ1n) is 4.48. The number of nitrogens with one attached hydrogen (secondary N) is 1. The van der Waals surface area contributed by atoms with E-state index in [9.17, 15) is 9.59 Å². The highest BCUT2D eigenvalue weighted by molar-refractivity contribution is 6.33. The van der Waals surface area contributed by atoms with E-state index in [1.165, 1.54) is 12.3 Å². The van der Waals surface area contributed by atoms with Crippen molar-refractivity contribution < 1.29 is 9.59 Å². The van der Waals surface area contributed by atoms with Crippen LogP contribution in [-0.4, -0.2) is 23.3 Å². The number of amides is 2. The monoisotopic (exact) mass is 242 g/mol. The first-order chi connectivity index (χ1) is 7.50. The fraction of sp³-hybridized carbons (Fsp3) is 0.222. The lowest BCUT2D eigenvalue weighted by Gasteiger charge is -2.04. The molecule has 5 N–H and O–H groups in total. The quantitative estimate of drug-likeness (QED) is 0.686. The van der Waals surface area contributed by atoms with Crippen molar-refractivity contribution in [2.24, 2.45) is 5.73 Å². The van der Waals surface area contributed by atoms with Crippen LogP contribution in [0.3, 0.4) is 0 Å². The molecule has 86 valence electrons. The lowest BCUT2D eigenvalue weighted by Crippen LogP contribution is -2.28. The highest BCUT2D eigenvalue weighted by Gasteiger charge is 2.08. The van der Waals surface area contributed by atoms with E-state index >= 15 is 0 Å². The first-order valence-corrected chi connectivity index (χ1v) is 4.86. The average molecular weight is 243 g/mol. The molecule has 0 fully saturated rings. The Balaban J connectivity index is 2.59. The Labute approximate surface area is 97.0 Å². The zero-order chi connectivity index (χ0) is 12.1. The molecule has 0 aliphatic heterocycles. The highest BCUT2D eigenvalue weighted by Crippen LogP contribution is 2.16. The molecule has 0 spiro atoms. The zero-order valence-corrected chi connectivity index (χ0v) is 9.12. The minimum absolute atomic E-state index is 0.0852. The van der Waals surface area contributed by atoms with Gasteiger partial charge in [0.25, 0.3) is 5.91 Å². The molecule has 1 aromatic heterocycles. The van der Waals surface area contributed by atoms with Crippen LogP contribution in [0.4, 0.5) is 5.82 Å². The molecular weight excluding hydrogens is 232 g/mol. The van der Waals surface area contributed by atoms with Crippen LogP contribution in [0.2, 0.25) is 5.02 Å². The van der Waals surface area contributed by atoms with E-state index in [4.69, 9.17) is 23.1 Å². The summed E-state index contributed by atoms with van der Waals surface area (Å²) < 4.78 is 0. The SMILES string of the molecule is NC(=O)CCNC(=O)c1cnc(N)c(Cl)c1. The van der Waals surface area contributed by atoms with E-state index < -0.39 is 5.91 Å². The van der Waals surface area contributed by atoms with Gasteiger partial charge in [-0.2, -0.15) is 0 Å². The third-order valence-electron chi connectivity index (χ3n) is 1.79. The normalized spacial score (nSPS) is 9.81. The molecule has 2 amide bonds. The van der Waals surface area contributed by atoms with Crippen LogP contribution >= 0.6 is 11.6 Å². The van der Waals surface area contributed by atoms with Gasteiger partial charge in [-0.25, -0.2) is 4.98 Å². The lowest BCUT2D eigenvalue weighted by atomic mass is 10.2. The fourth-order valence-electron chi connectivity index (χ4n) is 0.974. The molecule has 0 atom stereocenters. The van der Waals surface area contributed by atoms with E-state index in [0.717, 1.165) is 0 Å². The van der Waals surface area contributed by atoms with Gasteiger partial charge in [0.2, 0.25) is 5.91 Å². The molecule has 16 heavy (non-hydrogen) atoms. The van der Waals surface area contributed by atoms with Crippen molar-refractivity contribution in [1.82, 2.24) is 10.3 Å². The van der Waals surface area contributed by atoms with Gasteiger partial charge in [0.1, 0.15) is 5.82 Å². The second-order valence-electron chi connectivity index (χ2n) is 3.06. The van der Waals surface area contributed by atoms with Gasteiger partial charge < -0.3 is 16.8 Å². The molecule has 0 aliphatic carbocycles. The molecule has 1 aromatic rings. The summed E-state index contributed by atoms with van der Waals surface area (Å²) >= 11 is 5.70. The topological polar surface area (TPSA) is 111 Å². The molecular formula is C9H11ClN4O2. The van der Waals surface area contributed by atoms with Crippen LogP contribution in [0, 0.1) is 0 Å².